The first kappa shape index (κ1) is 15.6. The number of methoxy groups -OCH3 is 1. The summed E-state index contributed by atoms with van der Waals surface area (Å²) in [7, 11) is -2.21. The van der Waals surface area contributed by atoms with E-state index in [0.29, 0.717) is 18.0 Å². The van der Waals surface area contributed by atoms with E-state index >= 15 is 0 Å². The number of ether oxygens (including phenoxy) is 1. The summed E-state index contributed by atoms with van der Waals surface area (Å²) in [4.78, 5) is 0.0113. The van der Waals surface area contributed by atoms with Gasteiger partial charge in [-0.05, 0) is 42.0 Å². The largest absolute Gasteiger partial charge is 0.497 e. The van der Waals surface area contributed by atoms with Crippen molar-refractivity contribution in [1.29, 1.82) is 0 Å². The van der Waals surface area contributed by atoms with E-state index in [2.05, 4.69) is 4.72 Å². The highest BCUT2D eigenvalue weighted by Crippen LogP contribution is 2.25. The summed E-state index contributed by atoms with van der Waals surface area (Å²) in [5.41, 5.74) is 6.69. The first-order valence-electron chi connectivity index (χ1n) is 6.11. The summed E-state index contributed by atoms with van der Waals surface area (Å²) in [5, 5.41) is 0.138. The Balaban J connectivity index is 2.29. The van der Waals surface area contributed by atoms with Crippen LogP contribution in [0.3, 0.4) is 0 Å². The summed E-state index contributed by atoms with van der Waals surface area (Å²) in [6.07, 6.45) is 0. The van der Waals surface area contributed by atoms with Gasteiger partial charge in [-0.25, -0.2) is 8.42 Å². The van der Waals surface area contributed by atoms with Gasteiger partial charge in [0.1, 0.15) is 10.6 Å². The Morgan fingerprint density at radius 3 is 2.38 bits per heavy atom. The molecule has 3 N–H and O–H groups in total. The average molecular weight is 327 g/mol. The zero-order valence-corrected chi connectivity index (χ0v) is 12.9. The Hall–Kier alpha value is -1.76. The molecule has 2 aromatic rings. The van der Waals surface area contributed by atoms with Crippen LogP contribution in [0.25, 0.3) is 0 Å². The minimum absolute atomic E-state index is 0.0113. The highest BCUT2D eigenvalue weighted by molar-refractivity contribution is 7.92. The van der Waals surface area contributed by atoms with Crippen LogP contribution < -0.4 is 15.2 Å². The van der Waals surface area contributed by atoms with Gasteiger partial charge in [0, 0.05) is 12.2 Å². The van der Waals surface area contributed by atoms with Crippen LogP contribution in [0.1, 0.15) is 5.56 Å². The van der Waals surface area contributed by atoms with Crippen molar-refractivity contribution in [3.05, 3.63) is 53.1 Å². The van der Waals surface area contributed by atoms with Gasteiger partial charge in [0.2, 0.25) is 0 Å². The van der Waals surface area contributed by atoms with E-state index in [4.69, 9.17) is 22.1 Å². The lowest BCUT2D eigenvalue weighted by molar-refractivity contribution is 0.415. The van der Waals surface area contributed by atoms with Crippen molar-refractivity contribution in [1.82, 2.24) is 0 Å². The first-order chi connectivity index (χ1) is 9.96. The molecule has 0 bridgehead atoms. The van der Waals surface area contributed by atoms with Gasteiger partial charge in [-0.2, -0.15) is 0 Å². The Kier molecular flexibility index (Phi) is 4.72. The zero-order valence-electron chi connectivity index (χ0n) is 11.3. The van der Waals surface area contributed by atoms with Crippen LogP contribution in [0.4, 0.5) is 5.69 Å². The highest BCUT2D eigenvalue weighted by Gasteiger charge is 2.18. The van der Waals surface area contributed by atoms with Crippen LogP contribution in [0.2, 0.25) is 5.02 Å². The van der Waals surface area contributed by atoms with E-state index in [1.807, 2.05) is 0 Å². The van der Waals surface area contributed by atoms with Crippen molar-refractivity contribution in [3.63, 3.8) is 0 Å². The Morgan fingerprint density at radius 1 is 1.19 bits per heavy atom. The van der Waals surface area contributed by atoms with Crippen LogP contribution in [0, 0.1) is 0 Å². The monoisotopic (exact) mass is 326 g/mol. The molecule has 0 saturated heterocycles. The lowest BCUT2D eigenvalue weighted by Gasteiger charge is -2.10. The summed E-state index contributed by atoms with van der Waals surface area (Å²) in [6, 6.07) is 11.2. The third-order valence-electron chi connectivity index (χ3n) is 2.86. The molecule has 2 aromatic carbocycles. The molecule has 0 fully saturated rings. The van der Waals surface area contributed by atoms with Crippen molar-refractivity contribution < 1.29 is 13.2 Å². The molecule has 0 heterocycles. The molecule has 0 aliphatic rings. The zero-order chi connectivity index (χ0) is 15.5. The number of hydrogen-bond donors (Lipinski definition) is 2. The molecule has 0 amide bonds. The molecule has 0 atom stereocenters. The minimum Gasteiger partial charge on any atom is -0.497 e. The lowest BCUT2D eigenvalue weighted by Crippen LogP contribution is -2.13. The molecule has 5 nitrogen and oxygen atoms in total. The van der Waals surface area contributed by atoms with Gasteiger partial charge in [0.05, 0.1) is 12.1 Å². The summed E-state index contributed by atoms with van der Waals surface area (Å²) >= 11 is 6.01. The molecule has 0 aliphatic heterocycles. The highest BCUT2D eigenvalue weighted by atomic mass is 35.5. The van der Waals surface area contributed by atoms with Crippen LogP contribution in [-0.2, 0) is 16.6 Å². The van der Waals surface area contributed by atoms with Gasteiger partial charge in [-0.1, -0.05) is 17.7 Å². The summed E-state index contributed by atoms with van der Waals surface area (Å²) in [5.74, 6) is 0.642. The second-order valence-electron chi connectivity index (χ2n) is 4.30. The molecule has 21 heavy (non-hydrogen) atoms. The fraction of sp³-hybridized carbons (Fsp3) is 0.143. The number of sulfonamides is 1. The van der Waals surface area contributed by atoms with E-state index in [1.165, 1.54) is 13.2 Å². The molecule has 0 aliphatic carbocycles. The van der Waals surface area contributed by atoms with Gasteiger partial charge < -0.3 is 10.5 Å². The molecule has 112 valence electrons. The minimum atomic E-state index is -3.75. The number of nitrogens with one attached hydrogen (secondary N) is 1. The third-order valence-corrected chi connectivity index (χ3v) is 4.73. The molecule has 0 saturated carbocycles. The van der Waals surface area contributed by atoms with E-state index in [0.717, 1.165) is 5.56 Å². The van der Waals surface area contributed by atoms with Crippen LogP contribution in [0.5, 0.6) is 5.75 Å². The SMILES string of the molecule is COc1ccc(NS(=O)(=O)c2ccc(CN)cc2Cl)cc1. The number of halogens is 1. The maximum Gasteiger partial charge on any atom is 0.263 e. The average Bonchev–Trinajstić information content (AvgIpc) is 2.47. The van der Waals surface area contributed by atoms with E-state index in [-0.39, 0.29) is 9.92 Å². The number of hydrogen-bond acceptors (Lipinski definition) is 4. The van der Waals surface area contributed by atoms with E-state index in [9.17, 15) is 8.42 Å². The Morgan fingerprint density at radius 2 is 1.86 bits per heavy atom. The van der Waals surface area contributed by atoms with Crippen LogP contribution >= 0.6 is 11.6 Å². The second-order valence-corrected chi connectivity index (χ2v) is 6.36. The van der Waals surface area contributed by atoms with Crippen molar-refractivity contribution in [2.45, 2.75) is 11.4 Å². The topological polar surface area (TPSA) is 81.4 Å². The van der Waals surface area contributed by atoms with Crippen LogP contribution in [0.15, 0.2) is 47.4 Å². The predicted molar refractivity (Wildman–Crippen MR) is 83.1 cm³/mol. The standard InChI is InChI=1S/C14H15ClN2O3S/c1-20-12-5-3-11(4-6-12)17-21(18,19)14-7-2-10(9-16)8-13(14)15/h2-8,17H,9,16H2,1H3. The maximum absolute atomic E-state index is 12.3. The van der Waals surface area contributed by atoms with Gasteiger partial charge in [0.15, 0.2) is 0 Å². The first-order valence-corrected chi connectivity index (χ1v) is 7.98. The molecular weight excluding hydrogens is 312 g/mol. The number of benzene rings is 2. The molecule has 0 radical (unpaired) electrons. The van der Waals surface area contributed by atoms with Crippen molar-refractivity contribution in [3.8, 4) is 5.75 Å². The molecule has 2 rings (SSSR count). The smallest absolute Gasteiger partial charge is 0.263 e. The quantitative estimate of drug-likeness (QED) is 0.885. The fourth-order valence-electron chi connectivity index (χ4n) is 1.76. The number of rotatable bonds is 5. The number of anilines is 1. The van der Waals surface area contributed by atoms with Crippen molar-refractivity contribution >= 4 is 27.3 Å². The molecule has 0 spiro atoms. The van der Waals surface area contributed by atoms with Gasteiger partial charge in [-0.3, -0.25) is 4.72 Å². The van der Waals surface area contributed by atoms with Gasteiger partial charge in [-0.15, -0.1) is 0 Å². The van der Waals surface area contributed by atoms with Crippen molar-refractivity contribution in [2.24, 2.45) is 5.73 Å². The molecular formula is C14H15ClN2O3S. The van der Waals surface area contributed by atoms with E-state index < -0.39 is 10.0 Å². The maximum atomic E-state index is 12.3. The summed E-state index contributed by atoms with van der Waals surface area (Å²) < 4.78 is 32.1. The number of nitrogens with two attached hydrogens (primary N) is 1. The van der Waals surface area contributed by atoms with Crippen LogP contribution in [-0.4, -0.2) is 15.5 Å². The third kappa shape index (κ3) is 3.66. The van der Waals surface area contributed by atoms with E-state index in [1.54, 1.807) is 36.4 Å². The Labute approximate surface area is 128 Å². The van der Waals surface area contributed by atoms with Crippen molar-refractivity contribution in [2.75, 3.05) is 11.8 Å². The van der Waals surface area contributed by atoms with Gasteiger partial charge >= 0.3 is 0 Å². The predicted octanol–water partition coefficient (Wildman–Crippen LogP) is 2.61. The second kappa shape index (κ2) is 6.34. The summed E-state index contributed by atoms with van der Waals surface area (Å²) in [6.45, 7) is 0.298. The molecule has 0 unspecified atom stereocenters. The fourth-order valence-corrected chi connectivity index (χ4v) is 3.39. The molecule has 7 heteroatoms. The normalized spacial score (nSPS) is 11.2. The molecule has 0 aromatic heterocycles. The van der Waals surface area contributed by atoms with Gasteiger partial charge in [0.25, 0.3) is 10.0 Å². The Bertz CT molecular complexity index is 730. The lowest BCUT2D eigenvalue weighted by atomic mass is 10.2.